The van der Waals surface area contributed by atoms with Crippen molar-refractivity contribution in [2.24, 2.45) is 11.3 Å². The average molecular weight is 183 g/mol. The molecule has 0 aliphatic carbocycles. The molecule has 0 amide bonds. The molecule has 2 N–H and O–H groups in total. The monoisotopic (exact) mass is 183 g/mol. The average Bonchev–Trinajstić information content (AvgIpc) is 2.77. The molecule has 3 heteroatoms. The van der Waals surface area contributed by atoms with Gasteiger partial charge in [0.05, 0.1) is 18.8 Å². The number of ether oxygens (including phenoxy) is 1. The van der Waals surface area contributed by atoms with Gasteiger partial charge in [-0.1, -0.05) is 0 Å². The Morgan fingerprint density at radius 3 is 3.15 bits per heavy atom. The van der Waals surface area contributed by atoms with Crippen molar-refractivity contribution < 1.29 is 9.84 Å². The van der Waals surface area contributed by atoms with Gasteiger partial charge < -0.3 is 15.2 Å². The first-order valence-corrected chi connectivity index (χ1v) is 5.34. The van der Waals surface area contributed by atoms with E-state index in [0.717, 1.165) is 19.5 Å². The molecule has 74 valence electrons. The molecule has 0 radical (unpaired) electrons. The number of rotatable bonds is 1. The van der Waals surface area contributed by atoms with Gasteiger partial charge >= 0.3 is 0 Å². The fraction of sp³-hybridized carbons (Fsp3) is 1.00. The van der Waals surface area contributed by atoms with Crippen LogP contribution in [-0.4, -0.2) is 37.0 Å². The van der Waals surface area contributed by atoms with E-state index in [9.17, 15) is 5.11 Å². The molecule has 0 saturated carbocycles. The molecular formula is C10H17NO2. The predicted molar refractivity (Wildman–Crippen MR) is 48.4 cm³/mol. The van der Waals surface area contributed by atoms with Gasteiger partial charge in [0.1, 0.15) is 0 Å². The minimum Gasteiger partial charge on any atom is -0.396 e. The predicted octanol–water partition coefficient (Wildman–Crippen LogP) is 0.136. The van der Waals surface area contributed by atoms with Crippen LogP contribution in [0.15, 0.2) is 0 Å². The minimum absolute atomic E-state index is 0.119. The van der Waals surface area contributed by atoms with Crippen molar-refractivity contribution in [2.75, 3.05) is 19.7 Å². The maximum Gasteiger partial charge on any atom is 0.0662 e. The molecular weight excluding hydrogens is 166 g/mol. The summed E-state index contributed by atoms with van der Waals surface area (Å²) >= 11 is 0. The van der Waals surface area contributed by atoms with Gasteiger partial charge in [0.25, 0.3) is 0 Å². The Bertz CT molecular complexity index is 221. The van der Waals surface area contributed by atoms with Crippen LogP contribution in [0.2, 0.25) is 0 Å². The van der Waals surface area contributed by atoms with Crippen LogP contribution in [0.5, 0.6) is 0 Å². The van der Waals surface area contributed by atoms with Gasteiger partial charge in [-0.15, -0.1) is 0 Å². The molecule has 4 atom stereocenters. The third kappa shape index (κ3) is 0.901. The first-order valence-electron chi connectivity index (χ1n) is 5.34. The van der Waals surface area contributed by atoms with E-state index >= 15 is 0 Å². The summed E-state index contributed by atoms with van der Waals surface area (Å²) in [5.74, 6) is 0.574. The summed E-state index contributed by atoms with van der Waals surface area (Å²) in [4.78, 5) is 0. The van der Waals surface area contributed by atoms with Gasteiger partial charge in [-0.3, -0.25) is 0 Å². The maximum atomic E-state index is 9.57. The van der Waals surface area contributed by atoms with Gasteiger partial charge in [-0.2, -0.15) is 0 Å². The van der Waals surface area contributed by atoms with Gasteiger partial charge in [-0.25, -0.2) is 0 Å². The highest BCUT2D eigenvalue weighted by atomic mass is 16.5. The molecule has 3 aliphatic rings. The Morgan fingerprint density at radius 1 is 1.46 bits per heavy atom. The number of fused-ring (bicyclic) bond motifs is 5. The number of hydrogen-bond donors (Lipinski definition) is 2. The molecule has 3 fully saturated rings. The summed E-state index contributed by atoms with van der Waals surface area (Å²) in [6.45, 7) is 2.41. The molecule has 3 nitrogen and oxygen atoms in total. The highest BCUT2D eigenvalue weighted by molar-refractivity contribution is 5.08. The summed E-state index contributed by atoms with van der Waals surface area (Å²) in [5, 5.41) is 13.0. The normalized spacial score (nSPS) is 53.8. The van der Waals surface area contributed by atoms with Gasteiger partial charge in [-0.05, 0) is 25.8 Å². The van der Waals surface area contributed by atoms with Crippen LogP contribution < -0.4 is 5.32 Å². The Hall–Kier alpha value is -0.120. The summed E-state index contributed by atoms with van der Waals surface area (Å²) in [6, 6.07) is 0. The molecule has 3 aliphatic heterocycles. The molecule has 0 spiro atoms. The second kappa shape index (κ2) is 2.69. The van der Waals surface area contributed by atoms with E-state index in [2.05, 4.69) is 5.32 Å². The number of piperidine rings is 1. The quantitative estimate of drug-likeness (QED) is 0.607. The summed E-state index contributed by atoms with van der Waals surface area (Å²) in [6.07, 6.45) is 4.26. The Kier molecular flexibility index (Phi) is 1.70. The van der Waals surface area contributed by atoms with Crippen molar-refractivity contribution in [1.82, 2.24) is 5.32 Å². The van der Waals surface area contributed by atoms with Gasteiger partial charge in [0.15, 0.2) is 0 Å². The largest absolute Gasteiger partial charge is 0.396 e. The topological polar surface area (TPSA) is 41.5 Å². The van der Waals surface area contributed by atoms with E-state index < -0.39 is 0 Å². The van der Waals surface area contributed by atoms with Crippen molar-refractivity contribution >= 4 is 0 Å². The highest BCUT2D eigenvalue weighted by Gasteiger charge is 2.59. The summed E-state index contributed by atoms with van der Waals surface area (Å²) in [5.41, 5.74) is 0.119. The smallest absolute Gasteiger partial charge is 0.0662 e. The number of hydrogen-bond acceptors (Lipinski definition) is 3. The lowest BCUT2D eigenvalue weighted by Gasteiger charge is -2.43. The van der Waals surface area contributed by atoms with E-state index in [1.54, 1.807) is 0 Å². The van der Waals surface area contributed by atoms with Crippen LogP contribution in [0.1, 0.15) is 19.3 Å². The first-order chi connectivity index (χ1) is 6.37. The molecule has 0 aromatic rings. The fourth-order valence-corrected chi connectivity index (χ4v) is 3.55. The van der Waals surface area contributed by atoms with Crippen LogP contribution in [-0.2, 0) is 4.74 Å². The number of nitrogens with one attached hydrogen (secondary N) is 1. The van der Waals surface area contributed by atoms with Crippen LogP contribution in [0.25, 0.3) is 0 Å². The molecule has 4 unspecified atom stereocenters. The molecule has 0 aromatic heterocycles. The van der Waals surface area contributed by atoms with Crippen LogP contribution >= 0.6 is 0 Å². The second-order valence-corrected chi connectivity index (χ2v) is 4.69. The summed E-state index contributed by atoms with van der Waals surface area (Å²) in [7, 11) is 0. The van der Waals surface area contributed by atoms with Gasteiger partial charge in [0.2, 0.25) is 0 Å². The molecule has 13 heavy (non-hydrogen) atoms. The second-order valence-electron chi connectivity index (χ2n) is 4.69. The molecule has 3 saturated heterocycles. The van der Waals surface area contributed by atoms with E-state index in [0.29, 0.717) is 24.7 Å². The van der Waals surface area contributed by atoms with E-state index in [4.69, 9.17) is 4.74 Å². The zero-order valence-electron chi connectivity index (χ0n) is 7.83. The number of aliphatic hydroxyl groups is 1. The zero-order chi connectivity index (χ0) is 8.89. The lowest BCUT2D eigenvalue weighted by molar-refractivity contribution is -0.000777. The van der Waals surface area contributed by atoms with E-state index in [1.807, 2.05) is 0 Å². The molecule has 3 heterocycles. The first kappa shape index (κ1) is 8.21. The Morgan fingerprint density at radius 2 is 2.38 bits per heavy atom. The standard InChI is InChI=1S/C10H17NO2/c12-6-10-3-4-11-5-7(10)8-1-2-9(10)13-8/h7-9,11-12H,1-6H2. The van der Waals surface area contributed by atoms with Crippen molar-refractivity contribution in [3.8, 4) is 0 Å². The fourth-order valence-electron chi connectivity index (χ4n) is 3.55. The molecule has 2 bridgehead atoms. The van der Waals surface area contributed by atoms with Crippen molar-refractivity contribution in [1.29, 1.82) is 0 Å². The zero-order valence-corrected chi connectivity index (χ0v) is 7.83. The van der Waals surface area contributed by atoms with Crippen LogP contribution in [0, 0.1) is 11.3 Å². The third-order valence-corrected chi connectivity index (χ3v) is 4.31. The lowest BCUT2D eigenvalue weighted by atomic mass is 9.63. The lowest BCUT2D eigenvalue weighted by Crippen LogP contribution is -2.52. The van der Waals surface area contributed by atoms with Crippen LogP contribution in [0.4, 0.5) is 0 Å². The van der Waals surface area contributed by atoms with Crippen molar-refractivity contribution in [3.05, 3.63) is 0 Å². The van der Waals surface area contributed by atoms with Crippen molar-refractivity contribution in [3.63, 3.8) is 0 Å². The number of aliphatic hydroxyl groups excluding tert-OH is 1. The van der Waals surface area contributed by atoms with E-state index in [-0.39, 0.29) is 5.41 Å². The Labute approximate surface area is 78.5 Å². The minimum atomic E-state index is 0.119. The Balaban J connectivity index is 1.94. The SMILES string of the molecule is OCC12CCNCC1C1CCC2O1. The van der Waals surface area contributed by atoms with E-state index in [1.165, 1.54) is 12.8 Å². The molecule has 0 aromatic carbocycles. The summed E-state index contributed by atoms with van der Waals surface area (Å²) < 4.78 is 5.91. The highest BCUT2D eigenvalue weighted by Crippen LogP contribution is 2.54. The molecule has 3 rings (SSSR count). The third-order valence-electron chi connectivity index (χ3n) is 4.31. The maximum absolute atomic E-state index is 9.57. The van der Waals surface area contributed by atoms with Crippen molar-refractivity contribution in [2.45, 2.75) is 31.5 Å². The van der Waals surface area contributed by atoms with Crippen LogP contribution in [0.3, 0.4) is 0 Å². The van der Waals surface area contributed by atoms with Gasteiger partial charge in [0, 0.05) is 17.9 Å².